The lowest BCUT2D eigenvalue weighted by atomic mass is 9.97. The van der Waals surface area contributed by atoms with Crippen molar-refractivity contribution in [3.8, 4) is 6.07 Å². The Hall–Kier alpha value is -2.15. The molecule has 7 nitrogen and oxygen atoms in total. The van der Waals surface area contributed by atoms with Crippen molar-refractivity contribution < 1.29 is 9.53 Å². The first-order chi connectivity index (χ1) is 15.3. The zero-order chi connectivity index (χ0) is 23.4. The molecule has 1 aromatic heterocycles. The van der Waals surface area contributed by atoms with Crippen LogP contribution in [-0.2, 0) is 16.6 Å². The summed E-state index contributed by atoms with van der Waals surface area (Å²) in [4.78, 5) is 30.3. The number of carbonyl (C=O) groups is 1. The Morgan fingerprint density at radius 2 is 2.00 bits per heavy atom. The van der Waals surface area contributed by atoms with Gasteiger partial charge in [-0.3, -0.25) is 19.1 Å². The van der Waals surface area contributed by atoms with E-state index in [2.05, 4.69) is 17.9 Å². The third-order valence-electron chi connectivity index (χ3n) is 6.07. The Balaban J connectivity index is 2.01. The van der Waals surface area contributed by atoms with Crippen LogP contribution in [-0.4, -0.2) is 52.5 Å². The maximum Gasteiger partial charge on any atom is 0.270 e. The summed E-state index contributed by atoms with van der Waals surface area (Å²) in [6, 6.07) is 2.05. The van der Waals surface area contributed by atoms with Gasteiger partial charge in [0.15, 0.2) is 0 Å². The first kappa shape index (κ1) is 24.5. The predicted molar refractivity (Wildman–Crippen MR) is 133 cm³/mol. The number of piperidine rings is 1. The largest absolute Gasteiger partial charge is 0.382 e. The van der Waals surface area contributed by atoms with Crippen LogP contribution in [0.15, 0.2) is 9.70 Å². The molecule has 0 radical (unpaired) electrons. The number of hydrogen-bond donors (Lipinski definition) is 0. The highest BCUT2D eigenvalue weighted by molar-refractivity contribution is 8.26. The van der Waals surface area contributed by atoms with E-state index in [0.29, 0.717) is 46.9 Å². The molecule has 0 aliphatic carbocycles. The molecule has 0 bridgehead atoms. The summed E-state index contributed by atoms with van der Waals surface area (Å²) >= 11 is 6.72. The van der Waals surface area contributed by atoms with E-state index in [0.717, 1.165) is 37.3 Å². The second-order valence-electron chi connectivity index (χ2n) is 8.27. The Bertz CT molecular complexity index is 1030. The zero-order valence-electron chi connectivity index (χ0n) is 19.1. The Morgan fingerprint density at radius 3 is 2.62 bits per heavy atom. The van der Waals surface area contributed by atoms with E-state index >= 15 is 0 Å². The molecule has 0 saturated carbocycles. The number of nitrogens with zero attached hydrogens (tertiary/aromatic N) is 4. The standard InChI is InChI=1S/C23H30N4O3S2/c1-5-30-12-6-9-27-22(29)19(32-23(27)31)13-17-16(3)18(14-24)21(28)25(4)20(17)26-10-7-15(2)8-11-26/h13,15H,5-12H2,1-4H3. The lowest BCUT2D eigenvalue weighted by Crippen LogP contribution is -2.38. The van der Waals surface area contributed by atoms with E-state index in [1.807, 2.05) is 13.0 Å². The fraction of sp³-hybridized carbons (Fsp3) is 0.565. The molecule has 2 aliphatic rings. The summed E-state index contributed by atoms with van der Waals surface area (Å²) in [6.45, 7) is 9.35. The number of amides is 1. The molecule has 3 heterocycles. The normalized spacial score (nSPS) is 18.7. The van der Waals surface area contributed by atoms with Crippen molar-refractivity contribution >= 4 is 46.1 Å². The summed E-state index contributed by atoms with van der Waals surface area (Å²) < 4.78 is 7.45. The molecule has 1 aromatic rings. The SMILES string of the molecule is CCOCCCN1C(=O)C(=Cc2c(C)c(C#N)c(=O)n(C)c2N2CCC(C)CC2)SC1=S. The van der Waals surface area contributed by atoms with Gasteiger partial charge in [0.05, 0.1) is 4.91 Å². The van der Waals surface area contributed by atoms with Gasteiger partial charge in [0, 0.05) is 45.5 Å². The molecule has 0 atom stereocenters. The monoisotopic (exact) mass is 474 g/mol. The average molecular weight is 475 g/mol. The van der Waals surface area contributed by atoms with Gasteiger partial charge in [-0.05, 0) is 50.7 Å². The van der Waals surface area contributed by atoms with Gasteiger partial charge in [0.2, 0.25) is 0 Å². The lowest BCUT2D eigenvalue weighted by molar-refractivity contribution is -0.122. The predicted octanol–water partition coefficient (Wildman–Crippen LogP) is 3.43. The van der Waals surface area contributed by atoms with Crippen LogP contribution >= 0.6 is 24.0 Å². The summed E-state index contributed by atoms with van der Waals surface area (Å²) in [5, 5.41) is 9.61. The molecule has 1 amide bonds. The van der Waals surface area contributed by atoms with Crippen LogP contribution < -0.4 is 10.5 Å². The quantitative estimate of drug-likeness (QED) is 0.340. The zero-order valence-corrected chi connectivity index (χ0v) is 20.8. The van der Waals surface area contributed by atoms with Crippen LogP contribution in [0.4, 0.5) is 5.82 Å². The van der Waals surface area contributed by atoms with Crippen molar-refractivity contribution in [1.29, 1.82) is 5.26 Å². The smallest absolute Gasteiger partial charge is 0.270 e. The summed E-state index contributed by atoms with van der Waals surface area (Å²) in [6.07, 6.45) is 4.59. The number of carbonyl (C=O) groups excluding carboxylic acids is 1. The van der Waals surface area contributed by atoms with Crippen molar-refractivity contribution in [2.45, 2.75) is 40.0 Å². The maximum absolute atomic E-state index is 13.1. The van der Waals surface area contributed by atoms with Crippen LogP contribution in [0.25, 0.3) is 6.08 Å². The van der Waals surface area contributed by atoms with Gasteiger partial charge < -0.3 is 9.64 Å². The molecule has 2 fully saturated rings. The number of rotatable bonds is 7. The average Bonchev–Trinajstić information content (AvgIpc) is 3.03. The highest BCUT2D eigenvalue weighted by atomic mass is 32.2. The fourth-order valence-electron chi connectivity index (χ4n) is 4.11. The van der Waals surface area contributed by atoms with Crippen LogP contribution in [0.3, 0.4) is 0 Å². The van der Waals surface area contributed by atoms with E-state index in [-0.39, 0.29) is 17.0 Å². The minimum absolute atomic E-state index is 0.111. The summed E-state index contributed by atoms with van der Waals surface area (Å²) in [7, 11) is 1.70. The van der Waals surface area contributed by atoms with Gasteiger partial charge in [0.25, 0.3) is 11.5 Å². The molecule has 3 rings (SSSR count). The van der Waals surface area contributed by atoms with E-state index in [9.17, 15) is 14.9 Å². The number of aromatic nitrogens is 1. The molecular formula is C23H30N4O3S2. The van der Waals surface area contributed by atoms with Gasteiger partial charge in [0.1, 0.15) is 21.8 Å². The van der Waals surface area contributed by atoms with Crippen LogP contribution in [0.1, 0.15) is 49.8 Å². The molecule has 9 heteroatoms. The number of thioether (sulfide) groups is 1. The lowest BCUT2D eigenvalue weighted by Gasteiger charge is -2.34. The first-order valence-electron chi connectivity index (χ1n) is 11.0. The molecule has 2 aliphatic heterocycles. The molecule has 2 saturated heterocycles. The first-order valence-corrected chi connectivity index (χ1v) is 12.2. The Labute approximate surface area is 199 Å². The second-order valence-corrected chi connectivity index (χ2v) is 9.94. The summed E-state index contributed by atoms with van der Waals surface area (Å²) in [5.41, 5.74) is 1.15. The Morgan fingerprint density at radius 1 is 1.31 bits per heavy atom. The Kier molecular flexibility index (Phi) is 8.15. The number of hydrogen-bond acceptors (Lipinski definition) is 7. The van der Waals surface area contributed by atoms with Crippen molar-refractivity contribution in [1.82, 2.24) is 9.47 Å². The number of anilines is 1. The number of thiocarbonyl (C=S) groups is 1. The molecular weight excluding hydrogens is 444 g/mol. The number of nitriles is 1. The van der Waals surface area contributed by atoms with Crippen LogP contribution in [0, 0.1) is 24.2 Å². The molecule has 0 aromatic carbocycles. The number of ether oxygens (including phenoxy) is 1. The third kappa shape index (κ3) is 4.92. The highest BCUT2D eigenvalue weighted by Gasteiger charge is 2.33. The molecule has 0 N–H and O–H groups in total. The minimum Gasteiger partial charge on any atom is -0.382 e. The van der Waals surface area contributed by atoms with Crippen molar-refractivity contribution in [2.24, 2.45) is 13.0 Å². The summed E-state index contributed by atoms with van der Waals surface area (Å²) in [5.74, 6) is 1.26. The highest BCUT2D eigenvalue weighted by Crippen LogP contribution is 2.36. The topological polar surface area (TPSA) is 78.6 Å². The molecule has 172 valence electrons. The van der Waals surface area contributed by atoms with Crippen molar-refractivity contribution in [3.05, 3.63) is 31.9 Å². The van der Waals surface area contributed by atoms with Gasteiger partial charge in [-0.25, -0.2) is 0 Å². The van der Waals surface area contributed by atoms with Gasteiger partial charge in [-0.1, -0.05) is 30.9 Å². The van der Waals surface area contributed by atoms with Crippen molar-refractivity contribution in [3.63, 3.8) is 0 Å². The second kappa shape index (κ2) is 10.6. The van der Waals surface area contributed by atoms with Crippen molar-refractivity contribution in [2.75, 3.05) is 37.7 Å². The molecule has 0 unspecified atom stereocenters. The number of pyridine rings is 1. The van der Waals surface area contributed by atoms with E-state index < -0.39 is 0 Å². The van der Waals surface area contributed by atoms with E-state index in [1.165, 1.54) is 11.8 Å². The van der Waals surface area contributed by atoms with Gasteiger partial charge >= 0.3 is 0 Å². The van der Waals surface area contributed by atoms with Gasteiger partial charge in [-0.2, -0.15) is 5.26 Å². The maximum atomic E-state index is 13.1. The van der Waals surface area contributed by atoms with Gasteiger partial charge in [-0.15, -0.1) is 0 Å². The third-order valence-corrected chi connectivity index (χ3v) is 7.45. The minimum atomic E-state index is -0.306. The molecule has 32 heavy (non-hydrogen) atoms. The van der Waals surface area contributed by atoms with Crippen LogP contribution in [0.2, 0.25) is 0 Å². The van der Waals surface area contributed by atoms with E-state index in [4.69, 9.17) is 17.0 Å². The fourth-order valence-corrected chi connectivity index (χ4v) is 5.40. The molecule has 0 spiro atoms. The van der Waals surface area contributed by atoms with E-state index in [1.54, 1.807) is 23.4 Å². The van der Waals surface area contributed by atoms with Crippen LogP contribution in [0.5, 0.6) is 0 Å².